The minimum Gasteiger partial charge on any atom is -0.492 e. The van der Waals surface area contributed by atoms with Gasteiger partial charge in [0.15, 0.2) is 15.8 Å². The van der Waals surface area contributed by atoms with Crippen molar-refractivity contribution >= 4 is 39.8 Å². The molecule has 176 valence electrons. The number of likely N-dealkylation sites (tertiary alicyclic amines) is 1. The standard InChI is InChI=1S/C23H32N4O3S.HI/c1-24-23(25-14-16-30-21-10-12-22(13-11-21)31(2,28)29)26-20-9-6-15-27(18-20)17-19-7-4-3-5-8-19;/h3-5,7-8,10-13,20H,6,9,14-18H2,1-2H3,(H2,24,25,26);1H. The maximum atomic E-state index is 11.5. The van der Waals surface area contributed by atoms with Gasteiger partial charge < -0.3 is 15.4 Å². The number of guanidine groups is 1. The molecule has 1 aliphatic rings. The first kappa shape index (κ1) is 26.4. The van der Waals surface area contributed by atoms with Crippen LogP contribution in [-0.4, -0.2) is 64.9 Å². The van der Waals surface area contributed by atoms with Gasteiger partial charge in [-0.25, -0.2) is 8.42 Å². The van der Waals surface area contributed by atoms with Gasteiger partial charge >= 0.3 is 0 Å². The Labute approximate surface area is 208 Å². The zero-order chi connectivity index (χ0) is 22.1. The Morgan fingerprint density at radius 2 is 1.88 bits per heavy atom. The molecular formula is C23H33IN4O3S. The molecule has 0 aromatic heterocycles. The van der Waals surface area contributed by atoms with E-state index in [1.54, 1.807) is 31.3 Å². The van der Waals surface area contributed by atoms with Crippen molar-refractivity contribution in [1.29, 1.82) is 0 Å². The predicted molar refractivity (Wildman–Crippen MR) is 140 cm³/mol. The predicted octanol–water partition coefficient (Wildman–Crippen LogP) is 2.92. The van der Waals surface area contributed by atoms with Crippen LogP contribution in [0.1, 0.15) is 18.4 Å². The van der Waals surface area contributed by atoms with Crippen LogP contribution < -0.4 is 15.4 Å². The summed E-state index contributed by atoms with van der Waals surface area (Å²) < 4.78 is 28.7. The van der Waals surface area contributed by atoms with Gasteiger partial charge in [0.25, 0.3) is 0 Å². The lowest BCUT2D eigenvalue weighted by Crippen LogP contribution is -2.51. The van der Waals surface area contributed by atoms with Crippen LogP contribution in [-0.2, 0) is 16.4 Å². The molecule has 1 atom stereocenters. The van der Waals surface area contributed by atoms with Crippen LogP contribution in [0, 0.1) is 0 Å². The molecule has 2 N–H and O–H groups in total. The fourth-order valence-corrected chi connectivity index (χ4v) is 4.30. The molecule has 1 aliphatic heterocycles. The van der Waals surface area contributed by atoms with Crippen molar-refractivity contribution < 1.29 is 13.2 Å². The Kier molecular flexibility index (Phi) is 10.7. The average Bonchev–Trinajstić information content (AvgIpc) is 2.76. The van der Waals surface area contributed by atoms with Crippen molar-refractivity contribution in [2.45, 2.75) is 30.3 Å². The summed E-state index contributed by atoms with van der Waals surface area (Å²) in [6, 6.07) is 17.4. The smallest absolute Gasteiger partial charge is 0.191 e. The third-order valence-electron chi connectivity index (χ3n) is 5.23. The highest BCUT2D eigenvalue weighted by molar-refractivity contribution is 14.0. The molecule has 32 heavy (non-hydrogen) atoms. The van der Waals surface area contributed by atoms with E-state index in [-0.39, 0.29) is 28.9 Å². The fraction of sp³-hybridized carbons (Fsp3) is 0.435. The monoisotopic (exact) mass is 572 g/mol. The summed E-state index contributed by atoms with van der Waals surface area (Å²) in [5, 5.41) is 6.81. The summed E-state index contributed by atoms with van der Waals surface area (Å²) in [6.07, 6.45) is 3.47. The third kappa shape index (κ3) is 8.59. The number of sulfone groups is 1. The molecule has 2 aromatic carbocycles. The summed E-state index contributed by atoms with van der Waals surface area (Å²) in [5.74, 6) is 1.41. The largest absolute Gasteiger partial charge is 0.492 e. The molecule has 0 spiro atoms. The van der Waals surface area contributed by atoms with Crippen LogP contribution in [0.5, 0.6) is 5.75 Å². The van der Waals surface area contributed by atoms with Gasteiger partial charge in [-0.2, -0.15) is 0 Å². The van der Waals surface area contributed by atoms with Crippen LogP contribution in [0.4, 0.5) is 0 Å². The van der Waals surface area contributed by atoms with Crippen molar-refractivity contribution in [2.24, 2.45) is 4.99 Å². The summed E-state index contributed by atoms with van der Waals surface area (Å²) in [4.78, 5) is 7.10. The highest BCUT2D eigenvalue weighted by Gasteiger charge is 2.20. The minimum absolute atomic E-state index is 0. The molecule has 1 heterocycles. The Balaban J connectivity index is 0.00000363. The molecule has 2 aromatic rings. The number of nitrogens with one attached hydrogen (secondary N) is 2. The number of piperidine rings is 1. The van der Waals surface area contributed by atoms with Gasteiger partial charge in [-0.3, -0.25) is 9.89 Å². The van der Waals surface area contributed by atoms with Crippen molar-refractivity contribution in [1.82, 2.24) is 15.5 Å². The number of nitrogens with zero attached hydrogens (tertiary/aromatic N) is 2. The lowest BCUT2D eigenvalue weighted by molar-refractivity contribution is 0.192. The van der Waals surface area contributed by atoms with Gasteiger partial charge in [0.1, 0.15) is 12.4 Å². The van der Waals surface area contributed by atoms with Gasteiger partial charge in [-0.15, -0.1) is 24.0 Å². The number of hydrogen-bond donors (Lipinski definition) is 2. The zero-order valence-corrected chi connectivity index (χ0v) is 21.8. The average molecular weight is 573 g/mol. The number of halogens is 1. The van der Waals surface area contributed by atoms with E-state index in [1.807, 2.05) is 6.07 Å². The molecule has 0 radical (unpaired) electrons. The van der Waals surface area contributed by atoms with Crippen LogP contribution in [0.15, 0.2) is 64.5 Å². The Morgan fingerprint density at radius 1 is 1.16 bits per heavy atom. The first-order valence-corrected chi connectivity index (χ1v) is 12.5. The number of ether oxygens (including phenoxy) is 1. The molecule has 1 saturated heterocycles. The zero-order valence-electron chi connectivity index (χ0n) is 18.7. The van der Waals surface area contributed by atoms with Gasteiger partial charge in [0.2, 0.25) is 0 Å². The van der Waals surface area contributed by atoms with E-state index in [4.69, 9.17) is 4.74 Å². The van der Waals surface area contributed by atoms with Crippen molar-refractivity contribution in [3.8, 4) is 5.75 Å². The highest BCUT2D eigenvalue weighted by atomic mass is 127. The third-order valence-corrected chi connectivity index (χ3v) is 6.36. The first-order valence-electron chi connectivity index (χ1n) is 10.6. The van der Waals surface area contributed by atoms with E-state index in [9.17, 15) is 8.42 Å². The van der Waals surface area contributed by atoms with Crippen molar-refractivity contribution in [2.75, 3.05) is 39.5 Å². The highest BCUT2D eigenvalue weighted by Crippen LogP contribution is 2.16. The molecule has 1 fully saturated rings. The summed E-state index contributed by atoms with van der Waals surface area (Å²) in [6.45, 7) is 4.11. The number of aliphatic imine (C=N–C) groups is 1. The fourth-order valence-electron chi connectivity index (χ4n) is 3.67. The van der Waals surface area contributed by atoms with E-state index in [0.717, 1.165) is 38.4 Å². The second kappa shape index (κ2) is 13.0. The maximum absolute atomic E-state index is 11.5. The Hall–Kier alpha value is -1.85. The molecule has 9 heteroatoms. The van der Waals surface area contributed by atoms with E-state index in [1.165, 1.54) is 11.8 Å². The quantitative estimate of drug-likeness (QED) is 0.219. The van der Waals surface area contributed by atoms with Crippen molar-refractivity contribution in [3.63, 3.8) is 0 Å². The van der Waals surface area contributed by atoms with Gasteiger partial charge in [-0.05, 0) is 49.2 Å². The van der Waals surface area contributed by atoms with E-state index in [0.29, 0.717) is 24.9 Å². The SMILES string of the molecule is CN=C(NCCOc1ccc(S(C)(=O)=O)cc1)NC1CCCN(Cc2ccccc2)C1.I. The normalized spacial score (nSPS) is 17.3. The summed E-state index contributed by atoms with van der Waals surface area (Å²) in [5.41, 5.74) is 1.34. The second-order valence-corrected chi connectivity index (χ2v) is 9.81. The van der Waals surface area contributed by atoms with Gasteiger partial charge in [-0.1, -0.05) is 30.3 Å². The molecule has 0 aliphatic carbocycles. The van der Waals surface area contributed by atoms with Crippen LogP contribution in [0.2, 0.25) is 0 Å². The molecule has 0 amide bonds. The van der Waals surface area contributed by atoms with Crippen LogP contribution >= 0.6 is 24.0 Å². The maximum Gasteiger partial charge on any atom is 0.191 e. The Bertz CT molecular complexity index is 953. The first-order chi connectivity index (χ1) is 14.9. The molecule has 1 unspecified atom stereocenters. The number of benzene rings is 2. The number of hydrogen-bond acceptors (Lipinski definition) is 5. The van der Waals surface area contributed by atoms with Crippen LogP contribution in [0.25, 0.3) is 0 Å². The topological polar surface area (TPSA) is 83.0 Å². The Morgan fingerprint density at radius 3 is 2.53 bits per heavy atom. The number of rotatable bonds is 8. The minimum atomic E-state index is -3.19. The second-order valence-electron chi connectivity index (χ2n) is 7.80. The van der Waals surface area contributed by atoms with E-state index >= 15 is 0 Å². The molecule has 0 saturated carbocycles. The molecule has 0 bridgehead atoms. The van der Waals surface area contributed by atoms with Gasteiger partial charge in [0.05, 0.1) is 11.4 Å². The summed E-state index contributed by atoms with van der Waals surface area (Å²) >= 11 is 0. The van der Waals surface area contributed by atoms with Gasteiger partial charge in [0, 0.05) is 32.4 Å². The summed E-state index contributed by atoms with van der Waals surface area (Å²) in [7, 11) is -1.42. The molecule has 3 rings (SSSR count). The lowest BCUT2D eigenvalue weighted by Gasteiger charge is -2.34. The van der Waals surface area contributed by atoms with E-state index < -0.39 is 9.84 Å². The van der Waals surface area contributed by atoms with Crippen molar-refractivity contribution in [3.05, 3.63) is 60.2 Å². The lowest BCUT2D eigenvalue weighted by atomic mass is 10.0. The van der Waals surface area contributed by atoms with E-state index in [2.05, 4.69) is 44.8 Å². The molecular weight excluding hydrogens is 539 g/mol. The molecule has 7 nitrogen and oxygen atoms in total. The van der Waals surface area contributed by atoms with Crippen LogP contribution in [0.3, 0.4) is 0 Å².